The van der Waals surface area contributed by atoms with Crippen LogP contribution in [-0.4, -0.2) is 14.8 Å². The van der Waals surface area contributed by atoms with Gasteiger partial charge in [0, 0.05) is 11.9 Å². The standard InChI is InChI=1S/C14H13N3O2/c1-8-3-4-11(9(2)7-8)17-6-5-10-12(17)14(19)16-15-13(10)18/h3-7H,1-2H3,(H,15,18)(H,16,19). The molecule has 2 heterocycles. The molecule has 2 N–H and O–H groups in total. The van der Waals surface area contributed by atoms with E-state index in [0.717, 1.165) is 16.8 Å². The van der Waals surface area contributed by atoms with Crippen LogP contribution in [0.5, 0.6) is 0 Å². The molecule has 0 unspecified atom stereocenters. The summed E-state index contributed by atoms with van der Waals surface area (Å²) in [6.07, 6.45) is 1.74. The molecule has 0 radical (unpaired) electrons. The van der Waals surface area contributed by atoms with Crippen molar-refractivity contribution in [1.82, 2.24) is 14.8 Å². The Hall–Kier alpha value is -2.56. The summed E-state index contributed by atoms with van der Waals surface area (Å²) in [6.45, 7) is 4.00. The Bertz CT molecular complexity index is 884. The molecular formula is C14H13N3O2. The van der Waals surface area contributed by atoms with Crippen molar-refractivity contribution in [2.75, 3.05) is 0 Å². The van der Waals surface area contributed by atoms with Crippen LogP contribution in [0.3, 0.4) is 0 Å². The summed E-state index contributed by atoms with van der Waals surface area (Å²) in [7, 11) is 0. The number of aryl methyl sites for hydroxylation is 2. The molecule has 96 valence electrons. The van der Waals surface area contributed by atoms with Crippen LogP contribution in [0, 0.1) is 13.8 Å². The van der Waals surface area contributed by atoms with E-state index in [1.807, 2.05) is 32.0 Å². The van der Waals surface area contributed by atoms with Crippen LogP contribution >= 0.6 is 0 Å². The Morgan fingerprint density at radius 3 is 2.47 bits per heavy atom. The van der Waals surface area contributed by atoms with Gasteiger partial charge in [-0.05, 0) is 31.5 Å². The van der Waals surface area contributed by atoms with Gasteiger partial charge < -0.3 is 4.57 Å². The molecule has 3 rings (SSSR count). The van der Waals surface area contributed by atoms with Crippen molar-refractivity contribution in [3.63, 3.8) is 0 Å². The summed E-state index contributed by atoms with van der Waals surface area (Å²) < 4.78 is 1.75. The van der Waals surface area contributed by atoms with E-state index in [1.165, 1.54) is 0 Å². The fourth-order valence-corrected chi connectivity index (χ4v) is 2.36. The lowest BCUT2D eigenvalue weighted by Crippen LogP contribution is -2.20. The van der Waals surface area contributed by atoms with Gasteiger partial charge in [-0.1, -0.05) is 17.7 Å². The molecule has 2 aromatic heterocycles. The third-order valence-corrected chi connectivity index (χ3v) is 3.25. The van der Waals surface area contributed by atoms with Crippen molar-refractivity contribution in [1.29, 1.82) is 0 Å². The van der Waals surface area contributed by atoms with Crippen LogP contribution in [0.1, 0.15) is 11.1 Å². The fraction of sp³-hybridized carbons (Fsp3) is 0.143. The van der Waals surface area contributed by atoms with Gasteiger partial charge in [-0.15, -0.1) is 0 Å². The lowest BCUT2D eigenvalue weighted by molar-refractivity contribution is 0.961. The van der Waals surface area contributed by atoms with E-state index < -0.39 is 0 Å². The Balaban J connectivity index is 2.41. The second-order valence-corrected chi connectivity index (χ2v) is 4.65. The molecule has 0 atom stereocenters. The van der Waals surface area contributed by atoms with Crippen molar-refractivity contribution in [2.24, 2.45) is 0 Å². The molecule has 0 saturated heterocycles. The second-order valence-electron chi connectivity index (χ2n) is 4.65. The molecule has 19 heavy (non-hydrogen) atoms. The number of hydrogen-bond acceptors (Lipinski definition) is 2. The molecule has 1 aromatic carbocycles. The van der Waals surface area contributed by atoms with Gasteiger partial charge in [-0.2, -0.15) is 0 Å². The highest BCUT2D eigenvalue weighted by Gasteiger charge is 2.11. The van der Waals surface area contributed by atoms with Gasteiger partial charge in [-0.25, -0.2) is 0 Å². The normalized spacial score (nSPS) is 11.1. The van der Waals surface area contributed by atoms with Crippen molar-refractivity contribution < 1.29 is 0 Å². The van der Waals surface area contributed by atoms with Crippen molar-refractivity contribution in [2.45, 2.75) is 13.8 Å². The molecule has 0 fully saturated rings. The Morgan fingerprint density at radius 1 is 1.00 bits per heavy atom. The summed E-state index contributed by atoms with van der Waals surface area (Å²) >= 11 is 0. The summed E-state index contributed by atoms with van der Waals surface area (Å²) in [5.74, 6) is 0. The summed E-state index contributed by atoms with van der Waals surface area (Å²) in [4.78, 5) is 23.6. The minimum Gasteiger partial charge on any atom is -0.311 e. The number of rotatable bonds is 1. The topological polar surface area (TPSA) is 70.7 Å². The zero-order valence-electron chi connectivity index (χ0n) is 10.7. The van der Waals surface area contributed by atoms with Crippen LogP contribution in [-0.2, 0) is 0 Å². The van der Waals surface area contributed by atoms with Crippen molar-refractivity contribution in [3.8, 4) is 5.69 Å². The number of aromatic nitrogens is 3. The fourth-order valence-electron chi connectivity index (χ4n) is 2.36. The first-order valence-corrected chi connectivity index (χ1v) is 5.97. The molecule has 0 aliphatic rings. The molecule has 0 amide bonds. The maximum atomic E-state index is 11.9. The minimum atomic E-state index is -0.306. The lowest BCUT2D eigenvalue weighted by Gasteiger charge is -2.09. The SMILES string of the molecule is Cc1ccc(-n2ccc3c(=O)[nH][nH]c(=O)c32)c(C)c1. The number of aromatic amines is 2. The summed E-state index contributed by atoms with van der Waals surface area (Å²) in [6, 6.07) is 7.63. The first-order valence-electron chi connectivity index (χ1n) is 5.97. The van der Waals surface area contributed by atoms with E-state index in [4.69, 9.17) is 0 Å². The van der Waals surface area contributed by atoms with Gasteiger partial charge in [0.1, 0.15) is 5.52 Å². The van der Waals surface area contributed by atoms with Crippen LogP contribution in [0.2, 0.25) is 0 Å². The third kappa shape index (κ3) is 1.71. The van der Waals surface area contributed by atoms with Gasteiger partial charge in [0.15, 0.2) is 0 Å². The van der Waals surface area contributed by atoms with Gasteiger partial charge in [0.05, 0.1) is 5.39 Å². The molecule has 0 aliphatic heterocycles. The van der Waals surface area contributed by atoms with E-state index in [9.17, 15) is 9.59 Å². The lowest BCUT2D eigenvalue weighted by atomic mass is 10.1. The molecule has 0 aliphatic carbocycles. The number of hydrogen-bond donors (Lipinski definition) is 2. The number of nitrogens with zero attached hydrogens (tertiary/aromatic N) is 1. The van der Waals surface area contributed by atoms with Gasteiger partial charge >= 0.3 is 0 Å². The van der Waals surface area contributed by atoms with E-state index in [-0.39, 0.29) is 11.1 Å². The largest absolute Gasteiger partial charge is 0.311 e. The monoisotopic (exact) mass is 255 g/mol. The maximum absolute atomic E-state index is 11.9. The van der Waals surface area contributed by atoms with Crippen LogP contribution in [0.4, 0.5) is 0 Å². The van der Waals surface area contributed by atoms with E-state index in [1.54, 1.807) is 16.8 Å². The van der Waals surface area contributed by atoms with Crippen LogP contribution in [0.25, 0.3) is 16.6 Å². The molecule has 0 saturated carbocycles. The average molecular weight is 255 g/mol. The predicted molar refractivity (Wildman–Crippen MR) is 74.0 cm³/mol. The number of fused-ring (bicyclic) bond motifs is 1. The van der Waals surface area contributed by atoms with Gasteiger partial charge in [-0.3, -0.25) is 19.8 Å². The first-order chi connectivity index (χ1) is 9.08. The zero-order chi connectivity index (χ0) is 13.6. The Morgan fingerprint density at radius 2 is 1.74 bits per heavy atom. The summed E-state index contributed by atoms with van der Waals surface area (Å²) in [5.41, 5.74) is 2.88. The molecular weight excluding hydrogens is 242 g/mol. The Kier molecular flexibility index (Phi) is 2.41. The minimum absolute atomic E-state index is 0.293. The third-order valence-electron chi connectivity index (χ3n) is 3.25. The first kappa shape index (κ1) is 11.5. The number of H-pyrrole nitrogens is 2. The van der Waals surface area contributed by atoms with Crippen LogP contribution in [0.15, 0.2) is 40.1 Å². The molecule has 0 spiro atoms. The molecule has 5 heteroatoms. The average Bonchev–Trinajstić information content (AvgIpc) is 2.80. The Labute approximate surface area is 108 Å². The van der Waals surface area contributed by atoms with Gasteiger partial charge in [0.25, 0.3) is 11.1 Å². The van der Waals surface area contributed by atoms with Crippen molar-refractivity contribution in [3.05, 3.63) is 62.3 Å². The highest BCUT2D eigenvalue weighted by Crippen LogP contribution is 2.19. The smallest absolute Gasteiger partial charge is 0.287 e. The van der Waals surface area contributed by atoms with Gasteiger partial charge in [0.2, 0.25) is 0 Å². The second kappa shape index (κ2) is 3.98. The quantitative estimate of drug-likeness (QED) is 0.693. The molecule has 3 aromatic rings. The molecule has 0 bridgehead atoms. The predicted octanol–water partition coefficient (Wildman–Crippen LogP) is 1.62. The number of nitrogens with one attached hydrogen (secondary N) is 2. The zero-order valence-corrected chi connectivity index (χ0v) is 10.7. The summed E-state index contributed by atoms with van der Waals surface area (Å²) in [5, 5.41) is 5.07. The van der Waals surface area contributed by atoms with E-state index in [2.05, 4.69) is 10.2 Å². The van der Waals surface area contributed by atoms with E-state index >= 15 is 0 Å². The maximum Gasteiger partial charge on any atom is 0.287 e. The highest BCUT2D eigenvalue weighted by molar-refractivity contribution is 5.80. The number of benzene rings is 1. The van der Waals surface area contributed by atoms with Crippen LogP contribution < -0.4 is 11.1 Å². The van der Waals surface area contributed by atoms with E-state index in [0.29, 0.717) is 10.9 Å². The highest BCUT2D eigenvalue weighted by atomic mass is 16.1. The molecule has 5 nitrogen and oxygen atoms in total. The van der Waals surface area contributed by atoms with Crippen molar-refractivity contribution >= 4 is 10.9 Å².